The summed E-state index contributed by atoms with van der Waals surface area (Å²) in [7, 11) is 4.08. The van der Waals surface area contributed by atoms with Gasteiger partial charge >= 0.3 is 0 Å². The number of azo groups is 1. The molecule has 0 unspecified atom stereocenters. The van der Waals surface area contributed by atoms with Gasteiger partial charge in [-0.15, -0.1) is 0 Å². The number of aliphatic carboxylic acids is 1. The van der Waals surface area contributed by atoms with Gasteiger partial charge < -0.3 is 25.4 Å². The van der Waals surface area contributed by atoms with Crippen molar-refractivity contribution in [3.8, 4) is 0 Å². The lowest BCUT2D eigenvalue weighted by molar-refractivity contribution is -0.860. The van der Waals surface area contributed by atoms with Crippen LogP contribution < -0.4 is 20.6 Å². The molecule has 0 fully saturated rings. The number of quaternary nitrogens is 2. The van der Waals surface area contributed by atoms with Gasteiger partial charge in [0.25, 0.3) is 0 Å². The molecule has 29 heavy (non-hydrogen) atoms. The van der Waals surface area contributed by atoms with Gasteiger partial charge in [0.2, 0.25) is 5.91 Å². The number of benzene rings is 2. The van der Waals surface area contributed by atoms with Crippen molar-refractivity contribution in [2.45, 2.75) is 18.9 Å². The Hall–Kier alpha value is -3.10. The summed E-state index contributed by atoms with van der Waals surface area (Å²) >= 11 is 0. The molecule has 0 saturated carbocycles. The lowest BCUT2D eigenvalue weighted by atomic mass is 10.2. The van der Waals surface area contributed by atoms with Crippen LogP contribution in [0.4, 0.5) is 17.1 Å². The summed E-state index contributed by atoms with van der Waals surface area (Å²) in [6.07, 6.45) is 0.722. The molecule has 2 aromatic rings. The summed E-state index contributed by atoms with van der Waals surface area (Å²) < 4.78 is 0. The first-order chi connectivity index (χ1) is 13.9. The van der Waals surface area contributed by atoms with Gasteiger partial charge in [-0.2, -0.15) is 10.2 Å². The van der Waals surface area contributed by atoms with E-state index >= 15 is 0 Å². The Balaban J connectivity index is 1.84. The van der Waals surface area contributed by atoms with Gasteiger partial charge in [0.15, 0.2) is 0 Å². The maximum Gasteiger partial charge on any atom is 0.230 e. The molecule has 1 atom stereocenters. The van der Waals surface area contributed by atoms with Crippen molar-refractivity contribution in [1.29, 1.82) is 0 Å². The van der Waals surface area contributed by atoms with E-state index in [0.29, 0.717) is 17.9 Å². The average Bonchev–Trinajstić information content (AvgIpc) is 2.70. The van der Waals surface area contributed by atoms with E-state index in [2.05, 4.69) is 15.5 Å². The molecule has 0 bridgehead atoms. The Labute approximate surface area is 170 Å². The second-order valence-corrected chi connectivity index (χ2v) is 7.10. The molecule has 0 aliphatic carbocycles. The number of nitrogens with two attached hydrogens (primary N) is 1. The number of anilines is 1. The number of carbonyl (C=O) groups excluding carboxylic acids is 2. The molecule has 0 heterocycles. The van der Waals surface area contributed by atoms with Crippen LogP contribution in [0.3, 0.4) is 0 Å². The highest BCUT2D eigenvalue weighted by molar-refractivity contribution is 5.93. The fourth-order valence-electron chi connectivity index (χ4n) is 2.67. The van der Waals surface area contributed by atoms with Crippen molar-refractivity contribution < 1.29 is 24.9 Å². The Bertz CT molecular complexity index is 807. The minimum absolute atomic E-state index is 0.146. The molecule has 2 aromatic carbocycles. The maximum absolute atomic E-state index is 12.2. The van der Waals surface area contributed by atoms with Crippen LogP contribution in [0.5, 0.6) is 0 Å². The number of hydrogen-bond donors (Lipinski definition) is 3. The summed E-state index contributed by atoms with van der Waals surface area (Å²) in [4.78, 5) is 24.8. The first kappa shape index (κ1) is 22.2. The van der Waals surface area contributed by atoms with Crippen molar-refractivity contribution in [2.75, 3.05) is 32.5 Å². The molecule has 0 saturated heterocycles. The van der Waals surface area contributed by atoms with Crippen LogP contribution >= 0.6 is 0 Å². The number of nitrogens with zero attached hydrogens (tertiary/aromatic N) is 2. The summed E-state index contributed by atoms with van der Waals surface area (Å²) in [6, 6.07) is 15.3. The minimum Gasteiger partial charge on any atom is -0.544 e. The minimum atomic E-state index is -1.23. The van der Waals surface area contributed by atoms with E-state index in [0.717, 1.165) is 18.7 Å². The number of carbonyl (C=O) groups is 2. The highest BCUT2D eigenvalue weighted by Gasteiger charge is 2.18. The highest BCUT2D eigenvalue weighted by atomic mass is 16.4. The normalized spacial score (nSPS) is 12.2. The van der Waals surface area contributed by atoms with Gasteiger partial charge in [-0.3, -0.25) is 4.79 Å². The number of hydrogen-bond acceptors (Lipinski definition) is 5. The predicted molar refractivity (Wildman–Crippen MR) is 108 cm³/mol. The molecule has 0 aliphatic heterocycles. The summed E-state index contributed by atoms with van der Waals surface area (Å²) in [6.45, 7) is 1.58. The number of carboxylic acid groups (broad SMARTS) is 1. The van der Waals surface area contributed by atoms with Crippen LogP contribution in [-0.2, 0) is 9.59 Å². The van der Waals surface area contributed by atoms with E-state index in [1.165, 1.54) is 4.90 Å². The smallest absolute Gasteiger partial charge is 0.230 e. The second kappa shape index (κ2) is 11.7. The van der Waals surface area contributed by atoms with Crippen LogP contribution in [0, 0.1) is 0 Å². The maximum atomic E-state index is 12.2. The fraction of sp³-hybridized carbons (Fsp3) is 0.333. The molecular weight excluding hydrogens is 370 g/mol. The zero-order valence-electron chi connectivity index (χ0n) is 16.8. The molecule has 1 amide bonds. The average molecular weight is 398 g/mol. The Kier molecular flexibility index (Phi) is 8.94. The molecule has 8 heteroatoms. The predicted octanol–water partition coefficient (Wildman–Crippen LogP) is -0.353. The molecule has 0 aliphatic rings. The first-order valence-electron chi connectivity index (χ1n) is 9.64. The lowest BCUT2D eigenvalue weighted by Crippen LogP contribution is -3.06. The summed E-state index contributed by atoms with van der Waals surface area (Å²) in [5.74, 6) is -1.60. The van der Waals surface area contributed by atoms with Crippen LogP contribution in [0.2, 0.25) is 0 Å². The third-order valence-electron chi connectivity index (χ3n) is 4.23. The zero-order valence-corrected chi connectivity index (χ0v) is 16.8. The third-order valence-corrected chi connectivity index (χ3v) is 4.23. The van der Waals surface area contributed by atoms with Crippen molar-refractivity contribution >= 4 is 28.9 Å². The first-order valence-corrected chi connectivity index (χ1v) is 9.64. The van der Waals surface area contributed by atoms with E-state index in [1.54, 1.807) is 29.6 Å². The number of amides is 1. The molecule has 4 N–H and O–H groups in total. The number of nitrogens with one attached hydrogen (secondary N) is 2. The SMILES string of the molecule is C[NH+](C)CCC[NH2+][C@@H](CC(=O)Nc1ccc(N=Nc2ccccc2)cc1)C(=O)[O-]. The molecule has 8 nitrogen and oxygen atoms in total. The fourth-order valence-corrected chi connectivity index (χ4v) is 2.67. The van der Waals surface area contributed by atoms with Gasteiger partial charge in [-0.25, -0.2) is 0 Å². The van der Waals surface area contributed by atoms with Gasteiger partial charge in [-0.1, -0.05) is 18.2 Å². The lowest BCUT2D eigenvalue weighted by Gasteiger charge is -2.16. The number of carboxylic acids is 1. The van der Waals surface area contributed by atoms with Crippen molar-refractivity contribution in [3.05, 3.63) is 54.6 Å². The molecule has 2 rings (SSSR count). The molecule has 0 spiro atoms. The van der Waals surface area contributed by atoms with E-state index in [-0.39, 0.29) is 12.3 Å². The molecular formula is C21H28N5O3+. The number of rotatable bonds is 11. The van der Waals surface area contributed by atoms with Crippen LogP contribution in [0.15, 0.2) is 64.8 Å². The van der Waals surface area contributed by atoms with Gasteiger partial charge in [0.1, 0.15) is 6.04 Å². The monoisotopic (exact) mass is 398 g/mol. The summed E-state index contributed by atoms with van der Waals surface area (Å²) in [5, 5.41) is 23.9. The van der Waals surface area contributed by atoms with Crippen LogP contribution in [0.1, 0.15) is 12.8 Å². The van der Waals surface area contributed by atoms with Gasteiger partial charge in [-0.05, 0) is 36.4 Å². The van der Waals surface area contributed by atoms with Crippen LogP contribution in [-0.4, -0.2) is 45.1 Å². The van der Waals surface area contributed by atoms with E-state index in [4.69, 9.17) is 0 Å². The highest BCUT2D eigenvalue weighted by Crippen LogP contribution is 2.20. The molecule has 0 radical (unpaired) electrons. The Morgan fingerprint density at radius 3 is 2.24 bits per heavy atom. The Morgan fingerprint density at radius 1 is 1.03 bits per heavy atom. The van der Waals surface area contributed by atoms with Gasteiger partial charge in [0, 0.05) is 12.1 Å². The quantitative estimate of drug-likeness (QED) is 0.355. The topological polar surface area (TPSA) is 115 Å². The molecule has 154 valence electrons. The second-order valence-electron chi connectivity index (χ2n) is 7.10. The van der Waals surface area contributed by atoms with Gasteiger partial charge in [0.05, 0.1) is 50.9 Å². The van der Waals surface area contributed by atoms with Crippen LogP contribution in [0.25, 0.3) is 0 Å². The van der Waals surface area contributed by atoms with Crippen molar-refractivity contribution in [2.24, 2.45) is 10.2 Å². The molecule has 0 aromatic heterocycles. The van der Waals surface area contributed by atoms with Crippen molar-refractivity contribution in [3.63, 3.8) is 0 Å². The Morgan fingerprint density at radius 2 is 1.66 bits per heavy atom. The largest absolute Gasteiger partial charge is 0.544 e. The van der Waals surface area contributed by atoms with Crippen molar-refractivity contribution in [1.82, 2.24) is 0 Å². The third kappa shape index (κ3) is 8.63. The summed E-state index contributed by atoms with van der Waals surface area (Å²) in [5.41, 5.74) is 1.97. The standard InChI is InChI=1S/C21H27N5O3/c1-26(2)14-6-13-22-19(21(28)29)15-20(27)23-16-9-11-18(12-10-16)25-24-17-7-4-3-5-8-17/h3-5,7-12,19,22H,6,13-15H2,1-2H3,(H,23,27)(H,28,29)/p+1/t19-/m0/s1. The van der Waals surface area contributed by atoms with E-state index in [9.17, 15) is 14.7 Å². The van der Waals surface area contributed by atoms with E-state index in [1.807, 2.05) is 44.4 Å². The van der Waals surface area contributed by atoms with E-state index < -0.39 is 12.0 Å². The zero-order chi connectivity index (χ0) is 21.1.